The molecule has 0 unspecified atom stereocenters. The molecule has 0 spiro atoms. The van der Waals surface area contributed by atoms with Crippen LogP contribution in [0.3, 0.4) is 0 Å². The Hall–Kier alpha value is -2.01. The number of nitrogens with zero attached hydrogens (tertiary/aromatic N) is 3. The maximum atomic E-state index is 12.5. The number of aromatic amines is 1. The summed E-state index contributed by atoms with van der Waals surface area (Å²) in [6.45, 7) is 6.89. The van der Waals surface area contributed by atoms with Crippen LogP contribution in [0.2, 0.25) is 5.02 Å². The molecule has 1 aromatic carbocycles. The third-order valence-corrected chi connectivity index (χ3v) is 4.47. The predicted molar refractivity (Wildman–Crippen MR) is 87.6 cm³/mol. The third kappa shape index (κ3) is 2.81. The summed E-state index contributed by atoms with van der Waals surface area (Å²) < 4.78 is 0. The monoisotopic (exact) mass is 318 g/mol. The van der Waals surface area contributed by atoms with Crippen LogP contribution in [-0.2, 0) is 0 Å². The first-order valence-corrected chi connectivity index (χ1v) is 7.75. The number of hydrogen-bond donors (Lipinski definition) is 1. The number of anilines is 1. The number of nitrogens with one attached hydrogen (secondary N) is 1. The number of rotatable bonds is 2. The summed E-state index contributed by atoms with van der Waals surface area (Å²) in [5.41, 5.74) is 3.56. The maximum absolute atomic E-state index is 12.5. The van der Waals surface area contributed by atoms with Crippen LogP contribution in [0.1, 0.15) is 21.7 Å². The quantitative estimate of drug-likeness (QED) is 0.926. The van der Waals surface area contributed by atoms with Gasteiger partial charge in [0.1, 0.15) is 0 Å². The highest BCUT2D eigenvalue weighted by Crippen LogP contribution is 2.20. The average molecular weight is 319 g/mol. The van der Waals surface area contributed by atoms with Crippen LogP contribution < -0.4 is 4.90 Å². The number of H-pyrrole nitrogens is 1. The molecule has 1 aliphatic rings. The molecule has 1 aromatic heterocycles. The molecular formula is C16H19ClN4O. The highest BCUT2D eigenvalue weighted by Gasteiger charge is 2.25. The molecule has 0 aliphatic carbocycles. The molecule has 0 bridgehead atoms. The number of piperazine rings is 1. The van der Waals surface area contributed by atoms with E-state index < -0.39 is 0 Å². The highest BCUT2D eigenvalue weighted by atomic mass is 35.5. The molecule has 22 heavy (non-hydrogen) atoms. The van der Waals surface area contributed by atoms with E-state index in [1.54, 1.807) is 0 Å². The topological polar surface area (TPSA) is 52.2 Å². The van der Waals surface area contributed by atoms with Gasteiger partial charge < -0.3 is 9.80 Å². The number of halogens is 1. The van der Waals surface area contributed by atoms with Crippen molar-refractivity contribution in [3.05, 3.63) is 46.2 Å². The minimum atomic E-state index is 0.0117. The van der Waals surface area contributed by atoms with Crippen LogP contribution in [0, 0.1) is 13.8 Å². The van der Waals surface area contributed by atoms with Gasteiger partial charge >= 0.3 is 0 Å². The number of aromatic nitrogens is 2. The zero-order valence-electron chi connectivity index (χ0n) is 12.8. The lowest BCUT2D eigenvalue weighted by Crippen LogP contribution is -2.49. The Labute approximate surface area is 134 Å². The molecule has 116 valence electrons. The smallest absolute Gasteiger partial charge is 0.274 e. The minimum Gasteiger partial charge on any atom is -0.368 e. The zero-order valence-corrected chi connectivity index (χ0v) is 13.5. The van der Waals surface area contributed by atoms with Crippen molar-refractivity contribution in [2.75, 3.05) is 31.1 Å². The van der Waals surface area contributed by atoms with Gasteiger partial charge in [-0.2, -0.15) is 5.10 Å². The lowest BCUT2D eigenvalue weighted by molar-refractivity contribution is 0.0740. The Morgan fingerprint density at radius 1 is 1.14 bits per heavy atom. The van der Waals surface area contributed by atoms with Gasteiger partial charge in [0.2, 0.25) is 0 Å². The number of hydrogen-bond acceptors (Lipinski definition) is 3. The van der Waals surface area contributed by atoms with Crippen molar-refractivity contribution in [1.82, 2.24) is 15.1 Å². The number of amides is 1. The summed E-state index contributed by atoms with van der Waals surface area (Å²) in [6, 6.07) is 7.82. The van der Waals surface area contributed by atoms with E-state index in [0.29, 0.717) is 18.8 Å². The van der Waals surface area contributed by atoms with E-state index in [-0.39, 0.29) is 5.91 Å². The van der Waals surface area contributed by atoms with Gasteiger partial charge in [0.25, 0.3) is 5.91 Å². The van der Waals surface area contributed by atoms with E-state index in [2.05, 4.69) is 15.1 Å². The van der Waals surface area contributed by atoms with E-state index in [9.17, 15) is 4.79 Å². The van der Waals surface area contributed by atoms with Gasteiger partial charge in [-0.15, -0.1) is 0 Å². The Balaban J connectivity index is 1.65. The van der Waals surface area contributed by atoms with Gasteiger partial charge in [-0.1, -0.05) is 11.6 Å². The SMILES string of the molecule is Cc1[nH]nc(C(=O)N2CCN(c3ccc(Cl)cc3)CC2)c1C. The van der Waals surface area contributed by atoms with Crippen LogP contribution in [0.25, 0.3) is 0 Å². The van der Waals surface area contributed by atoms with E-state index in [4.69, 9.17) is 11.6 Å². The first-order chi connectivity index (χ1) is 10.6. The van der Waals surface area contributed by atoms with Crippen molar-refractivity contribution in [2.45, 2.75) is 13.8 Å². The lowest BCUT2D eigenvalue weighted by atomic mass is 10.2. The van der Waals surface area contributed by atoms with E-state index in [0.717, 1.165) is 35.1 Å². The van der Waals surface area contributed by atoms with Gasteiger partial charge in [-0.05, 0) is 38.1 Å². The summed E-state index contributed by atoms with van der Waals surface area (Å²) in [5.74, 6) is 0.0117. The van der Waals surface area contributed by atoms with Crippen LogP contribution in [-0.4, -0.2) is 47.2 Å². The second kappa shape index (κ2) is 6.01. The average Bonchev–Trinajstić information content (AvgIpc) is 2.87. The molecule has 1 saturated heterocycles. The molecule has 1 N–H and O–H groups in total. The van der Waals surface area contributed by atoms with E-state index >= 15 is 0 Å². The second-order valence-electron chi connectivity index (χ2n) is 5.58. The first-order valence-electron chi connectivity index (χ1n) is 7.37. The molecule has 2 aromatic rings. The molecular weight excluding hydrogens is 300 g/mol. The Bertz CT molecular complexity index is 672. The summed E-state index contributed by atoms with van der Waals surface area (Å²) in [7, 11) is 0. The fraction of sp³-hybridized carbons (Fsp3) is 0.375. The molecule has 2 heterocycles. The van der Waals surface area contributed by atoms with Gasteiger partial charge in [0.15, 0.2) is 5.69 Å². The highest BCUT2D eigenvalue weighted by molar-refractivity contribution is 6.30. The van der Waals surface area contributed by atoms with Gasteiger partial charge in [0.05, 0.1) is 0 Å². The number of aryl methyl sites for hydroxylation is 1. The molecule has 1 fully saturated rings. The molecule has 0 saturated carbocycles. The fourth-order valence-corrected chi connectivity index (χ4v) is 2.79. The van der Waals surface area contributed by atoms with Gasteiger partial charge in [-0.3, -0.25) is 9.89 Å². The van der Waals surface area contributed by atoms with Gasteiger partial charge in [0, 0.05) is 48.1 Å². The number of benzene rings is 1. The van der Waals surface area contributed by atoms with Crippen molar-refractivity contribution in [2.24, 2.45) is 0 Å². The molecule has 3 rings (SSSR count). The summed E-state index contributed by atoms with van der Waals surface area (Å²) >= 11 is 5.92. The number of carbonyl (C=O) groups excluding carboxylic acids is 1. The van der Waals surface area contributed by atoms with Crippen LogP contribution >= 0.6 is 11.6 Å². The van der Waals surface area contributed by atoms with Crippen molar-refractivity contribution in [3.8, 4) is 0 Å². The van der Waals surface area contributed by atoms with E-state index in [1.165, 1.54) is 0 Å². The molecule has 6 heteroatoms. The fourth-order valence-electron chi connectivity index (χ4n) is 2.66. The Morgan fingerprint density at radius 3 is 2.32 bits per heavy atom. The molecule has 0 atom stereocenters. The molecule has 1 aliphatic heterocycles. The van der Waals surface area contributed by atoms with Crippen LogP contribution in [0.4, 0.5) is 5.69 Å². The molecule has 5 nitrogen and oxygen atoms in total. The Kier molecular flexibility index (Phi) is 4.07. The maximum Gasteiger partial charge on any atom is 0.274 e. The van der Waals surface area contributed by atoms with Crippen LogP contribution in [0.5, 0.6) is 0 Å². The number of carbonyl (C=O) groups is 1. The third-order valence-electron chi connectivity index (χ3n) is 4.21. The summed E-state index contributed by atoms with van der Waals surface area (Å²) in [5, 5.41) is 7.75. The van der Waals surface area contributed by atoms with Crippen molar-refractivity contribution in [3.63, 3.8) is 0 Å². The van der Waals surface area contributed by atoms with Crippen molar-refractivity contribution >= 4 is 23.2 Å². The minimum absolute atomic E-state index is 0.0117. The van der Waals surface area contributed by atoms with Crippen molar-refractivity contribution in [1.29, 1.82) is 0 Å². The van der Waals surface area contributed by atoms with Gasteiger partial charge in [-0.25, -0.2) is 0 Å². The summed E-state index contributed by atoms with van der Waals surface area (Å²) in [4.78, 5) is 16.7. The predicted octanol–water partition coefficient (Wildman–Crippen LogP) is 2.64. The largest absolute Gasteiger partial charge is 0.368 e. The second-order valence-corrected chi connectivity index (χ2v) is 6.01. The van der Waals surface area contributed by atoms with Crippen molar-refractivity contribution < 1.29 is 4.79 Å². The molecule has 1 amide bonds. The Morgan fingerprint density at radius 2 is 1.77 bits per heavy atom. The molecule has 0 radical (unpaired) electrons. The lowest BCUT2D eigenvalue weighted by Gasteiger charge is -2.36. The normalized spacial score (nSPS) is 15.2. The summed E-state index contributed by atoms with van der Waals surface area (Å²) in [6.07, 6.45) is 0. The van der Waals surface area contributed by atoms with Crippen LogP contribution in [0.15, 0.2) is 24.3 Å². The first kappa shape index (κ1) is 14.9. The standard InChI is InChI=1S/C16H19ClN4O/c1-11-12(2)18-19-15(11)16(22)21-9-7-20(8-10-21)14-5-3-13(17)4-6-14/h3-6H,7-10H2,1-2H3,(H,18,19). The van der Waals surface area contributed by atoms with E-state index in [1.807, 2.05) is 43.0 Å². The zero-order chi connectivity index (χ0) is 15.7.